The molecule has 2 fully saturated rings. The van der Waals surface area contributed by atoms with E-state index in [1.807, 2.05) is 0 Å². The molecule has 0 amide bonds. The summed E-state index contributed by atoms with van der Waals surface area (Å²) in [5.41, 5.74) is 0. The van der Waals surface area contributed by atoms with Crippen LogP contribution in [0.4, 0.5) is 0 Å². The summed E-state index contributed by atoms with van der Waals surface area (Å²) in [6.07, 6.45) is 10.9. The van der Waals surface area contributed by atoms with Crippen molar-refractivity contribution in [2.24, 2.45) is 5.92 Å². The summed E-state index contributed by atoms with van der Waals surface area (Å²) in [7, 11) is 4.58. The Labute approximate surface area is 145 Å². The fourth-order valence-corrected chi connectivity index (χ4v) is 8.94. The Hall–Kier alpha value is 0.829. The van der Waals surface area contributed by atoms with Crippen molar-refractivity contribution in [2.75, 3.05) is 14.1 Å². The molecule has 0 spiro atoms. The predicted molar refractivity (Wildman–Crippen MR) is 98.1 cm³/mol. The van der Waals surface area contributed by atoms with E-state index in [2.05, 4.69) is 59.3 Å². The second kappa shape index (κ2) is 8.28. The predicted octanol–water partition coefficient (Wildman–Crippen LogP) is 4.64. The molecule has 0 aromatic carbocycles. The van der Waals surface area contributed by atoms with Gasteiger partial charge in [-0.25, -0.2) is 0 Å². The Morgan fingerprint density at radius 1 is 1.09 bits per heavy atom. The fraction of sp³-hybridized carbons (Fsp3) is 1.00. The second-order valence-corrected chi connectivity index (χ2v) is 12.9. The average molecular weight is 393 g/mol. The Kier molecular flexibility index (Phi) is 7.21. The fourth-order valence-electron chi connectivity index (χ4n) is 3.99. The van der Waals surface area contributed by atoms with Crippen LogP contribution in [0.25, 0.3) is 0 Å². The van der Waals surface area contributed by atoms with Gasteiger partial charge in [-0.1, -0.05) is 0 Å². The molecule has 0 radical (unpaired) electrons. The van der Waals surface area contributed by atoms with E-state index in [4.69, 9.17) is 4.52 Å². The Bertz CT molecular complexity index is 382. The standard InChI is InChI=1S/C17H35N2OPSe/c1-6-7-8-13-17(14(2)3)20-21(22)18(4)15-11-9-10-12-16(15)19(21)5/h14-17H,6-13H2,1-5H3/t15-,16-,17?/m1/s1. The third-order valence-corrected chi connectivity index (χ3v) is 12.1. The van der Waals surface area contributed by atoms with Gasteiger partial charge in [0.2, 0.25) is 0 Å². The number of fused-ring (bicyclic) bond motifs is 1. The van der Waals surface area contributed by atoms with Gasteiger partial charge in [0, 0.05) is 0 Å². The molecule has 1 aliphatic carbocycles. The van der Waals surface area contributed by atoms with Crippen LogP contribution in [0.3, 0.4) is 0 Å². The summed E-state index contributed by atoms with van der Waals surface area (Å²) in [6.45, 7) is 6.90. The van der Waals surface area contributed by atoms with Gasteiger partial charge in [0.05, 0.1) is 0 Å². The van der Waals surface area contributed by atoms with Crippen molar-refractivity contribution in [1.29, 1.82) is 0 Å². The minimum absolute atomic E-state index is 0.381. The number of nitrogens with zero attached hydrogens (tertiary/aromatic N) is 2. The molecule has 1 heterocycles. The summed E-state index contributed by atoms with van der Waals surface area (Å²) >= 11 is 3.52. The molecule has 3 atom stereocenters. The van der Waals surface area contributed by atoms with Crippen molar-refractivity contribution in [3.63, 3.8) is 0 Å². The first-order valence-corrected chi connectivity index (χ1v) is 13.0. The number of hydrogen-bond donors (Lipinski definition) is 0. The Balaban J connectivity index is 2.09. The van der Waals surface area contributed by atoms with Crippen LogP contribution in [0, 0.1) is 5.92 Å². The summed E-state index contributed by atoms with van der Waals surface area (Å²) in [5, 5.41) is 0. The summed E-state index contributed by atoms with van der Waals surface area (Å²) in [5.74, 6) is 0.589. The summed E-state index contributed by atoms with van der Waals surface area (Å²) in [6, 6.07) is -0.342. The molecular formula is C17H35N2OPSe. The van der Waals surface area contributed by atoms with E-state index in [1.54, 1.807) is 0 Å². The maximum absolute atomic E-state index is 6.83. The molecule has 130 valence electrons. The molecule has 22 heavy (non-hydrogen) atoms. The van der Waals surface area contributed by atoms with Crippen LogP contribution >= 0.6 is 6.04 Å². The molecule has 2 aliphatic rings. The van der Waals surface area contributed by atoms with Crippen LogP contribution < -0.4 is 0 Å². The Morgan fingerprint density at radius 3 is 2.09 bits per heavy atom. The van der Waals surface area contributed by atoms with E-state index in [0.717, 1.165) is 0 Å². The Morgan fingerprint density at radius 2 is 1.64 bits per heavy atom. The number of unbranched alkanes of at least 4 members (excludes halogenated alkanes) is 2. The molecule has 0 bridgehead atoms. The monoisotopic (exact) mass is 394 g/mol. The van der Waals surface area contributed by atoms with Crippen LogP contribution in [0.1, 0.15) is 72.1 Å². The van der Waals surface area contributed by atoms with Crippen LogP contribution in [0.2, 0.25) is 0 Å². The number of hydrogen-bond acceptors (Lipinski definition) is 3. The quantitative estimate of drug-likeness (QED) is 0.356. The molecule has 1 saturated carbocycles. The molecule has 0 aromatic heterocycles. The normalized spacial score (nSPS) is 30.6. The van der Waals surface area contributed by atoms with Crippen LogP contribution in [0.15, 0.2) is 0 Å². The first-order valence-electron chi connectivity index (χ1n) is 9.16. The van der Waals surface area contributed by atoms with E-state index >= 15 is 0 Å². The summed E-state index contributed by atoms with van der Waals surface area (Å²) < 4.78 is 12.0. The maximum atomic E-state index is 6.83. The van der Waals surface area contributed by atoms with Crippen molar-refractivity contribution in [3.05, 3.63) is 0 Å². The average Bonchev–Trinajstić information content (AvgIpc) is 2.69. The van der Waals surface area contributed by atoms with Gasteiger partial charge in [-0.15, -0.1) is 0 Å². The van der Waals surface area contributed by atoms with Crippen molar-refractivity contribution in [1.82, 2.24) is 9.34 Å². The van der Waals surface area contributed by atoms with Crippen molar-refractivity contribution in [2.45, 2.75) is 90.3 Å². The van der Waals surface area contributed by atoms with Gasteiger partial charge in [-0.05, 0) is 0 Å². The van der Waals surface area contributed by atoms with E-state index in [9.17, 15) is 0 Å². The molecule has 1 aliphatic heterocycles. The molecule has 0 aromatic rings. The van der Waals surface area contributed by atoms with Gasteiger partial charge in [-0.2, -0.15) is 0 Å². The van der Waals surface area contributed by atoms with Gasteiger partial charge in [0.25, 0.3) is 0 Å². The van der Waals surface area contributed by atoms with Gasteiger partial charge in [0.15, 0.2) is 0 Å². The zero-order valence-corrected chi connectivity index (χ0v) is 17.7. The van der Waals surface area contributed by atoms with E-state index in [1.165, 1.54) is 51.4 Å². The second-order valence-electron chi connectivity index (χ2n) is 7.44. The topological polar surface area (TPSA) is 15.7 Å². The third kappa shape index (κ3) is 3.90. The van der Waals surface area contributed by atoms with Crippen LogP contribution in [0.5, 0.6) is 0 Å². The number of rotatable bonds is 7. The third-order valence-electron chi connectivity index (χ3n) is 5.56. The van der Waals surface area contributed by atoms with Crippen molar-refractivity contribution in [3.8, 4) is 0 Å². The van der Waals surface area contributed by atoms with Crippen molar-refractivity contribution < 1.29 is 4.52 Å². The summed E-state index contributed by atoms with van der Waals surface area (Å²) in [4.78, 5) is 0. The van der Waals surface area contributed by atoms with E-state index < -0.39 is 6.04 Å². The van der Waals surface area contributed by atoms with Crippen LogP contribution in [-0.4, -0.2) is 56.7 Å². The SMILES string of the molecule is CCCCCC(OP1(=[Se])N(C)[C@@H]2CCCC[C@H]2N1C)C(C)C. The number of likely N-dealkylation sites (N-methyl/N-ethyl adjacent to an activating group) is 2. The first kappa shape index (κ1) is 19.2. The molecular weight excluding hydrogens is 358 g/mol. The molecule has 1 saturated heterocycles. The van der Waals surface area contributed by atoms with Crippen molar-refractivity contribution >= 4 is 21.1 Å². The zero-order valence-electron chi connectivity index (χ0n) is 15.1. The molecule has 0 N–H and O–H groups in total. The van der Waals surface area contributed by atoms with Gasteiger partial charge in [0.1, 0.15) is 0 Å². The molecule has 1 unspecified atom stereocenters. The van der Waals surface area contributed by atoms with E-state index in [-0.39, 0.29) is 0 Å². The van der Waals surface area contributed by atoms with Gasteiger partial charge in [-0.3, -0.25) is 0 Å². The zero-order chi connectivity index (χ0) is 16.3. The molecule has 3 nitrogen and oxygen atoms in total. The molecule has 5 heteroatoms. The van der Waals surface area contributed by atoms with Gasteiger partial charge >= 0.3 is 145 Å². The van der Waals surface area contributed by atoms with E-state index in [0.29, 0.717) is 24.1 Å². The minimum atomic E-state index is -1.72. The van der Waals surface area contributed by atoms with Gasteiger partial charge < -0.3 is 0 Å². The molecule has 2 rings (SSSR count). The first-order chi connectivity index (χ1) is 10.4. The van der Waals surface area contributed by atoms with Crippen LogP contribution in [-0.2, 0) is 4.52 Å².